The van der Waals surface area contributed by atoms with Gasteiger partial charge in [0, 0.05) is 6.54 Å². The van der Waals surface area contributed by atoms with Gasteiger partial charge in [0.15, 0.2) is 0 Å². The largest absolute Gasteiger partial charge is 0.310 e. The van der Waals surface area contributed by atoms with Gasteiger partial charge in [-0.3, -0.25) is 0 Å². The number of hydrogen-bond donors (Lipinski definition) is 1. The number of nitrogens with zero attached hydrogens (tertiary/aromatic N) is 3. The monoisotopic (exact) mass is 236 g/mol. The maximum atomic E-state index is 4.31. The summed E-state index contributed by atoms with van der Waals surface area (Å²) in [5, 5.41) is 7.76. The smallest absolute Gasteiger partial charge is 0.140 e. The van der Waals surface area contributed by atoms with Crippen LogP contribution in [0.4, 0.5) is 0 Å². The molecule has 0 aliphatic heterocycles. The summed E-state index contributed by atoms with van der Waals surface area (Å²) < 4.78 is 2.01. The van der Waals surface area contributed by atoms with Crippen LogP contribution >= 0.6 is 0 Å². The minimum absolute atomic E-state index is 0.554. The Bertz CT molecular complexity index is 367. The molecule has 1 atom stereocenters. The van der Waals surface area contributed by atoms with Crippen LogP contribution in [-0.2, 0) is 13.1 Å². The van der Waals surface area contributed by atoms with Crippen molar-refractivity contribution < 1.29 is 0 Å². The molecule has 4 nitrogen and oxygen atoms in total. The molecule has 1 aromatic rings. The van der Waals surface area contributed by atoms with Crippen LogP contribution in [0.25, 0.3) is 0 Å². The number of aromatic nitrogens is 3. The maximum Gasteiger partial charge on any atom is 0.140 e. The highest BCUT2D eigenvalue weighted by Gasteiger charge is 2.44. The molecule has 1 N–H and O–H groups in total. The van der Waals surface area contributed by atoms with Crippen LogP contribution in [0.1, 0.15) is 39.9 Å². The molecule has 17 heavy (non-hydrogen) atoms. The molecule has 1 unspecified atom stereocenters. The van der Waals surface area contributed by atoms with Crippen molar-refractivity contribution in [2.75, 3.05) is 6.54 Å². The SMILES string of the molecule is CC(C)Cn1ncnc1CNCC1CC1(C)C. The van der Waals surface area contributed by atoms with Crippen molar-refractivity contribution in [1.29, 1.82) is 0 Å². The predicted octanol–water partition coefficient (Wildman–Crippen LogP) is 2.07. The lowest BCUT2D eigenvalue weighted by Gasteiger charge is -2.09. The quantitative estimate of drug-likeness (QED) is 0.822. The number of rotatable bonds is 6. The second-order valence-electron chi connectivity index (χ2n) is 6.27. The van der Waals surface area contributed by atoms with E-state index in [2.05, 4.69) is 43.1 Å². The van der Waals surface area contributed by atoms with E-state index < -0.39 is 0 Å². The maximum absolute atomic E-state index is 4.31. The molecule has 4 heteroatoms. The standard InChI is InChI=1S/C13H24N4/c1-10(2)8-17-12(15-9-16-17)7-14-6-11-5-13(11,3)4/h9-11,14H,5-8H2,1-4H3. The lowest BCUT2D eigenvalue weighted by molar-refractivity contribution is 0.451. The fourth-order valence-corrected chi connectivity index (χ4v) is 2.21. The van der Waals surface area contributed by atoms with Crippen LogP contribution in [0.5, 0.6) is 0 Å². The zero-order valence-electron chi connectivity index (χ0n) is 11.4. The van der Waals surface area contributed by atoms with Gasteiger partial charge in [0.1, 0.15) is 12.2 Å². The molecule has 0 bridgehead atoms. The molecule has 0 radical (unpaired) electrons. The zero-order chi connectivity index (χ0) is 12.5. The van der Waals surface area contributed by atoms with Gasteiger partial charge in [-0.15, -0.1) is 0 Å². The predicted molar refractivity (Wildman–Crippen MR) is 68.5 cm³/mol. The highest BCUT2D eigenvalue weighted by molar-refractivity contribution is 4.96. The Morgan fingerprint density at radius 2 is 2.24 bits per heavy atom. The summed E-state index contributed by atoms with van der Waals surface area (Å²) >= 11 is 0. The fourth-order valence-electron chi connectivity index (χ4n) is 2.21. The first-order chi connectivity index (χ1) is 7.99. The molecule has 0 spiro atoms. The summed E-state index contributed by atoms with van der Waals surface area (Å²) in [6.07, 6.45) is 3.00. The van der Waals surface area contributed by atoms with Crippen molar-refractivity contribution >= 4 is 0 Å². The van der Waals surface area contributed by atoms with Crippen molar-refractivity contribution in [3.05, 3.63) is 12.2 Å². The zero-order valence-corrected chi connectivity index (χ0v) is 11.4. The van der Waals surface area contributed by atoms with E-state index in [1.807, 2.05) is 4.68 Å². The summed E-state index contributed by atoms with van der Waals surface area (Å²) in [6.45, 7) is 11.9. The Kier molecular flexibility index (Phi) is 3.52. The number of nitrogens with one attached hydrogen (secondary N) is 1. The Morgan fingerprint density at radius 1 is 1.53 bits per heavy atom. The van der Waals surface area contributed by atoms with Crippen molar-refractivity contribution in [2.24, 2.45) is 17.3 Å². The van der Waals surface area contributed by atoms with Gasteiger partial charge < -0.3 is 5.32 Å². The third-order valence-electron chi connectivity index (χ3n) is 3.63. The lowest BCUT2D eigenvalue weighted by Crippen LogP contribution is -2.22. The summed E-state index contributed by atoms with van der Waals surface area (Å²) in [5.74, 6) is 2.50. The van der Waals surface area contributed by atoms with Gasteiger partial charge >= 0.3 is 0 Å². The fraction of sp³-hybridized carbons (Fsp3) is 0.846. The van der Waals surface area contributed by atoms with Crippen molar-refractivity contribution in [1.82, 2.24) is 20.1 Å². The van der Waals surface area contributed by atoms with E-state index in [9.17, 15) is 0 Å². The van der Waals surface area contributed by atoms with E-state index >= 15 is 0 Å². The average Bonchev–Trinajstić information content (AvgIpc) is 2.63. The van der Waals surface area contributed by atoms with Gasteiger partial charge in [-0.1, -0.05) is 27.7 Å². The molecule has 1 aliphatic carbocycles. The summed E-state index contributed by atoms with van der Waals surface area (Å²) in [7, 11) is 0. The van der Waals surface area contributed by atoms with E-state index in [0.717, 1.165) is 31.4 Å². The Hall–Kier alpha value is -0.900. The Balaban J connectivity index is 1.77. The molecule has 2 rings (SSSR count). The first-order valence-corrected chi connectivity index (χ1v) is 6.56. The lowest BCUT2D eigenvalue weighted by atomic mass is 10.1. The first-order valence-electron chi connectivity index (χ1n) is 6.56. The molecule has 0 amide bonds. The normalized spacial score (nSPS) is 22.1. The van der Waals surface area contributed by atoms with Crippen LogP contribution < -0.4 is 5.32 Å². The topological polar surface area (TPSA) is 42.7 Å². The van der Waals surface area contributed by atoms with Gasteiger partial charge in [0.2, 0.25) is 0 Å². The Morgan fingerprint density at radius 3 is 2.82 bits per heavy atom. The highest BCUT2D eigenvalue weighted by atomic mass is 15.3. The summed E-state index contributed by atoms with van der Waals surface area (Å²) in [5.41, 5.74) is 0.554. The minimum Gasteiger partial charge on any atom is -0.310 e. The average molecular weight is 236 g/mol. The molecule has 1 fully saturated rings. The highest BCUT2D eigenvalue weighted by Crippen LogP contribution is 2.50. The van der Waals surface area contributed by atoms with Gasteiger partial charge in [-0.05, 0) is 30.2 Å². The minimum atomic E-state index is 0.554. The van der Waals surface area contributed by atoms with Crippen LogP contribution in [0, 0.1) is 17.3 Å². The van der Waals surface area contributed by atoms with Crippen LogP contribution in [0.15, 0.2) is 6.33 Å². The first kappa shape index (κ1) is 12.6. The van der Waals surface area contributed by atoms with E-state index in [1.54, 1.807) is 6.33 Å². The van der Waals surface area contributed by atoms with Gasteiger partial charge in [0.25, 0.3) is 0 Å². The van der Waals surface area contributed by atoms with E-state index in [1.165, 1.54) is 6.42 Å². The second kappa shape index (κ2) is 4.77. The Labute approximate surface area is 104 Å². The molecule has 1 saturated carbocycles. The summed E-state index contributed by atoms with van der Waals surface area (Å²) in [4.78, 5) is 4.31. The molecule has 1 heterocycles. The molecule has 0 aromatic carbocycles. The van der Waals surface area contributed by atoms with Crippen LogP contribution in [-0.4, -0.2) is 21.3 Å². The summed E-state index contributed by atoms with van der Waals surface area (Å²) in [6, 6.07) is 0. The van der Waals surface area contributed by atoms with Gasteiger partial charge in [-0.25, -0.2) is 9.67 Å². The number of hydrogen-bond acceptors (Lipinski definition) is 3. The second-order valence-corrected chi connectivity index (χ2v) is 6.27. The third-order valence-corrected chi connectivity index (χ3v) is 3.63. The van der Waals surface area contributed by atoms with E-state index in [4.69, 9.17) is 0 Å². The molecular weight excluding hydrogens is 212 g/mol. The van der Waals surface area contributed by atoms with Crippen molar-refractivity contribution in [2.45, 2.75) is 47.2 Å². The van der Waals surface area contributed by atoms with Crippen molar-refractivity contribution in [3.63, 3.8) is 0 Å². The van der Waals surface area contributed by atoms with E-state index in [0.29, 0.717) is 11.3 Å². The molecular formula is C13H24N4. The molecule has 1 aromatic heterocycles. The van der Waals surface area contributed by atoms with Gasteiger partial charge in [-0.2, -0.15) is 5.10 Å². The molecule has 0 saturated heterocycles. The molecule has 96 valence electrons. The van der Waals surface area contributed by atoms with E-state index in [-0.39, 0.29) is 0 Å². The molecule has 1 aliphatic rings. The van der Waals surface area contributed by atoms with Gasteiger partial charge in [0.05, 0.1) is 6.54 Å². The van der Waals surface area contributed by atoms with Crippen molar-refractivity contribution in [3.8, 4) is 0 Å². The van der Waals surface area contributed by atoms with Crippen LogP contribution in [0.2, 0.25) is 0 Å². The third kappa shape index (κ3) is 3.28. The van der Waals surface area contributed by atoms with Crippen LogP contribution in [0.3, 0.4) is 0 Å².